The molecule has 0 fully saturated rings. The smallest absolute Gasteiger partial charge is 0.251 e. The maximum Gasteiger partial charge on any atom is 0.251 e. The van der Waals surface area contributed by atoms with Crippen LogP contribution in [0.5, 0.6) is 0 Å². The van der Waals surface area contributed by atoms with Crippen molar-refractivity contribution in [1.82, 2.24) is 25.9 Å². The maximum atomic E-state index is 12.1. The number of aromatic amines is 1. The molecule has 1 amide bonds. The lowest BCUT2D eigenvalue weighted by molar-refractivity contribution is 0.0934. The van der Waals surface area contributed by atoms with Crippen LogP contribution in [-0.4, -0.2) is 39.7 Å². The van der Waals surface area contributed by atoms with Crippen LogP contribution in [0.2, 0.25) is 0 Å². The van der Waals surface area contributed by atoms with Crippen molar-refractivity contribution in [2.75, 3.05) is 13.2 Å². The molecule has 7 heteroatoms. The number of rotatable bonds is 8. The highest BCUT2D eigenvalue weighted by Gasteiger charge is 2.07. The number of carbonyl (C=O) groups excluding carboxylic acids is 1. The molecule has 0 saturated carbocycles. The number of ether oxygens (including phenoxy) is 1. The summed E-state index contributed by atoms with van der Waals surface area (Å²) in [5.74, 6) is 0.394. The van der Waals surface area contributed by atoms with Gasteiger partial charge in [0, 0.05) is 24.3 Å². The van der Waals surface area contributed by atoms with E-state index in [0.717, 1.165) is 17.5 Å². The Morgan fingerprint density at radius 1 is 1.08 bits per heavy atom. The van der Waals surface area contributed by atoms with Crippen LogP contribution in [0.4, 0.5) is 0 Å². The summed E-state index contributed by atoms with van der Waals surface area (Å²) in [6.45, 7) is 1.76. The van der Waals surface area contributed by atoms with Crippen LogP contribution in [0.15, 0.2) is 54.6 Å². The van der Waals surface area contributed by atoms with E-state index in [4.69, 9.17) is 4.74 Å². The average molecular weight is 337 g/mol. The minimum Gasteiger partial charge on any atom is -0.377 e. The molecule has 7 nitrogen and oxygen atoms in total. The maximum absolute atomic E-state index is 12.1. The first-order valence-corrected chi connectivity index (χ1v) is 8.07. The second-order valence-electron chi connectivity index (χ2n) is 5.46. The second-order valence-corrected chi connectivity index (χ2v) is 5.46. The molecule has 0 aliphatic rings. The number of nitrogens with zero attached hydrogens (tertiary/aromatic N) is 3. The largest absolute Gasteiger partial charge is 0.377 e. The molecular formula is C18H19N5O2. The van der Waals surface area contributed by atoms with Gasteiger partial charge in [-0.15, -0.1) is 10.2 Å². The highest BCUT2D eigenvalue weighted by atomic mass is 16.5. The molecule has 25 heavy (non-hydrogen) atoms. The number of hydrogen-bond acceptors (Lipinski definition) is 5. The molecule has 0 saturated heterocycles. The van der Waals surface area contributed by atoms with Crippen LogP contribution in [-0.2, 0) is 11.3 Å². The van der Waals surface area contributed by atoms with E-state index in [0.29, 0.717) is 31.1 Å². The van der Waals surface area contributed by atoms with Crippen LogP contribution >= 0.6 is 0 Å². The Morgan fingerprint density at radius 2 is 1.88 bits per heavy atom. The van der Waals surface area contributed by atoms with Crippen molar-refractivity contribution in [3.8, 4) is 11.4 Å². The highest BCUT2D eigenvalue weighted by Crippen LogP contribution is 2.13. The Balaban J connectivity index is 1.36. The van der Waals surface area contributed by atoms with Gasteiger partial charge in [0.05, 0.1) is 6.61 Å². The first-order chi connectivity index (χ1) is 12.3. The predicted molar refractivity (Wildman–Crippen MR) is 92.7 cm³/mol. The van der Waals surface area contributed by atoms with Gasteiger partial charge in [-0.05, 0) is 29.3 Å². The summed E-state index contributed by atoms with van der Waals surface area (Å²) in [7, 11) is 0. The lowest BCUT2D eigenvalue weighted by Crippen LogP contribution is -2.25. The van der Waals surface area contributed by atoms with Crippen molar-refractivity contribution in [1.29, 1.82) is 0 Å². The summed E-state index contributed by atoms with van der Waals surface area (Å²) in [4.78, 5) is 12.1. The van der Waals surface area contributed by atoms with Gasteiger partial charge < -0.3 is 10.1 Å². The van der Waals surface area contributed by atoms with E-state index in [9.17, 15) is 4.79 Å². The average Bonchev–Trinajstić information content (AvgIpc) is 3.20. The van der Waals surface area contributed by atoms with Crippen molar-refractivity contribution < 1.29 is 9.53 Å². The summed E-state index contributed by atoms with van der Waals surface area (Å²) in [6.07, 6.45) is 0.763. The fourth-order valence-corrected chi connectivity index (χ4v) is 2.30. The normalized spacial score (nSPS) is 10.6. The van der Waals surface area contributed by atoms with Crippen LogP contribution in [0.1, 0.15) is 22.3 Å². The van der Waals surface area contributed by atoms with Gasteiger partial charge in [0.1, 0.15) is 0 Å². The van der Waals surface area contributed by atoms with Crippen molar-refractivity contribution in [3.63, 3.8) is 0 Å². The first-order valence-electron chi connectivity index (χ1n) is 8.07. The predicted octanol–water partition coefficient (Wildman–Crippen LogP) is 2.20. The molecule has 0 unspecified atom stereocenters. The van der Waals surface area contributed by atoms with Crippen molar-refractivity contribution >= 4 is 5.91 Å². The van der Waals surface area contributed by atoms with Gasteiger partial charge in [0.2, 0.25) is 5.82 Å². The number of hydrogen-bond donors (Lipinski definition) is 2. The number of benzene rings is 2. The molecule has 1 heterocycles. The van der Waals surface area contributed by atoms with E-state index in [1.165, 1.54) is 0 Å². The fraction of sp³-hybridized carbons (Fsp3) is 0.222. The number of tetrazole rings is 1. The van der Waals surface area contributed by atoms with Crippen LogP contribution in [0.3, 0.4) is 0 Å². The Labute approximate surface area is 145 Å². The molecule has 3 aromatic rings. The Hall–Kier alpha value is -3.06. The van der Waals surface area contributed by atoms with E-state index < -0.39 is 0 Å². The van der Waals surface area contributed by atoms with Crippen molar-refractivity contribution in [3.05, 3.63) is 65.7 Å². The Kier molecular flexibility index (Phi) is 5.84. The summed E-state index contributed by atoms with van der Waals surface area (Å²) in [5, 5.41) is 16.6. The third kappa shape index (κ3) is 4.95. The van der Waals surface area contributed by atoms with Gasteiger partial charge in [-0.1, -0.05) is 42.5 Å². The molecule has 0 radical (unpaired) electrons. The van der Waals surface area contributed by atoms with E-state index in [-0.39, 0.29) is 5.91 Å². The molecule has 0 aliphatic heterocycles. The number of carbonyl (C=O) groups is 1. The van der Waals surface area contributed by atoms with E-state index in [2.05, 4.69) is 25.9 Å². The third-order valence-electron chi connectivity index (χ3n) is 3.61. The summed E-state index contributed by atoms with van der Waals surface area (Å²) in [6, 6.07) is 17.1. The molecule has 128 valence electrons. The fourth-order valence-electron chi connectivity index (χ4n) is 2.30. The molecule has 0 atom stereocenters. The molecule has 0 aliphatic carbocycles. The van der Waals surface area contributed by atoms with Crippen molar-refractivity contribution in [2.45, 2.75) is 13.0 Å². The van der Waals surface area contributed by atoms with Crippen LogP contribution < -0.4 is 5.32 Å². The van der Waals surface area contributed by atoms with Crippen molar-refractivity contribution in [2.24, 2.45) is 0 Å². The van der Waals surface area contributed by atoms with Gasteiger partial charge in [-0.3, -0.25) is 4.79 Å². The lowest BCUT2D eigenvalue weighted by Gasteiger charge is -2.07. The Morgan fingerprint density at radius 3 is 2.60 bits per heavy atom. The number of amides is 1. The highest BCUT2D eigenvalue weighted by molar-refractivity contribution is 5.94. The van der Waals surface area contributed by atoms with Gasteiger partial charge >= 0.3 is 0 Å². The van der Waals surface area contributed by atoms with Gasteiger partial charge in [0.15, 0.2) is 0 Å². The second kappa shape index (κ2) is 8.70. The molecular weight excluding hydrogens is 318 g/mol. The number of nitrogens with one attached hydrogen (secondary N) is 2. The standard InChI is InChI=1S/C18H19N5O2/c24-18(16-9-7-15(8-10-16)17-20-22-23-21-17)19-11-4-12-25-13-14-5-2-1-3-6-14/h1-3,5-10H,4,11-13H2,(H,19,24)(H,20,21,22,23). The zero-order valence-corrected chi connectivity index (χ0v) is 13.7. The first kappa shape index (κ1) is 16.8. The SMILES string of the molecule is O=C(NCCCOCc1ccccc1)c1ccc(-c2nn[nH]n2)cc1. The van der Waals surface area contributed by atoms with Gasteiger partial charge in [-0.25, -0.2) is 0 Å². The lowest BCUT2D eigenvalue weighted by atomic mass is 10.1. The van der Waals surface area contributed by atoms with Crippen LogP contribution in [0.25, 0.3) is 11.4 Å². The molecule has 0 spiro atoms. The number of H-pyrrole nitrogens is 1. The minimum absolute atomic E-state index is 0.109. The molecule has 2 aromatic carbocycles. The topological polar surface area (TPSA) is 92.8 Å². The third-order valence-corrected chi connectivity index (χ3v) is 3.61. The van der Waals surface area contributed by atoms with E-state index in [1.54, 1.807) is 24.3 Å². The molecule has 3 rings (SSSR count). The zero-order chi connectivity index (χ0) is 17.3. The monoisotopic (exact) mass is 337 g/mol. The molecule has 0 bridgehead atoms. The summed E-state index contributed by atoms with van der Waals surface area (Å²) < 4.78 is 5.59. The quantitative estimate of drug-likeness (QED) is 0.615. The number of aromatic nitrogens is 4. The summed E-state index contributed by atoms with van der Waals surface area (Å²) in [5.41, 5.74) is 2.55. The van der Waals surface area contributed by atoms with E-state index >= 15 is 0 Å². The van der Waals surface area contributed by atoms with Gasteiger partial charge in [0.25, 0.3) is 5.91 Å². The Bertz CT molecular complexity index is 773. The summed E-state index contributed by atoms with van der Waals surface area (Å²) >= 11 is 0. The van der Waals surface area contributed by atoms with Gasteiger partial charge in [-0.2, -0.15) is 5.21 Å². The molecule has 2 N–H and O–H groups in total. The van der Waals surface area contributed by atoms with Crippen LogP contribution in [0, 0.1) is 0 Å². The minimum atomic E-state index is -0.109. The van der Waals surface area contributed by atoms with E-state index in [1.807, 2.05) is 30.3 Å². The molecule has 1 aromatic heterocycles. The zero-order valence-electron chi connectivity index (χ0n) is 13.7.